The van der Waals surface area contributed by atoms with Gasteiger partial charge in [0.05, 0.1) is 11.8 Å². The van der Waals surface area contributed by atoms with Gasteiger partial charge < -0.3 is 5.11 Å². The summed E-state index contributed by atoms with van der Waals surface area (Å²) < 4.78 is 2.05. The number of nitrogens with zero attached hydrogens (tertiary/aromatic N) is 2. The number of imidazole rings is 1. The van der Waals surface area contributed by atoms with Gasteiger partial charge in [-0.1, -0.05) is 0 Å². The summed E-state index contributed by atoms with van der Waals surface area (Å²) in [6.45, 7) is 3.78. The average Bonchev–Trinajstić information content (AvgIpc) is 2.55. The molecule has 0 saturated carbocycles. The summed E-state index contributed by atoms with van der Waals surface area (Å²) in [5, 5.41) is 11.3. The third kappa shape index (κ3) is 1.47. The molecule has 0 fully saturated rings. The van der Waals surface area contributed by atoms with Crippen LogP contribution in [0.25, 0.3) is 4.96 Å². The van der Waals surface area contributed by atoms with Crippen LogP contribution in [0.1, 0.15) is 18.3 Å². The van der Waals surface area contributed by atoms with Crippen LogP contribution in [-0.2, 0) is 6.42 Å². The first-order chi connectivity index (χ1) is 6.18. The molecule has 0 aliphatic carbocycles. The Morgan fingerprint density at radius 1 is 1.69 bits per heavy atom. The van der Waals surface area contributed by atoms with Gasteiger partial charge in [0, 0.05) is 23.7 Å². The van der Waals surface area contributed by atoms with Crippen LogP contribution in [0.15, 0.2) is 11.6 Å². The topological polar surface area (TPSA) is 37.5 Å². The molecular weight excluding hydrogens is 184 g/mol. The minimum Gasteiger partial charge on any atom is -0.393 e. The van der Waals surface area contributed by atoms with Crippen molar-refractivity contribution < 1.29 is 5.11 Å². The van der Waals surface area contributed by atoms with E-state index in [2.05, 4.69) is 4.98 Å². The first-order valence-electron chi connectivity index (χ1n) is 4.27. The van der Waals surface area contributed by atoms with Gasteiger partial charge in [0.2, 0.25) is 0 Å². The van der Waals surface area contributed by atoms with Crippen LogP contribution in [0.3, 0.4) is 0 Å². The Balaban J connectivity index is 2.51. The van der Waals surface area contributed by atoms with E-state index in [-0.39, 0.29) is 6.10 Å². The molecule has 0 radical (unpaired) electrons. The van der Waals surface area contributed by atoms with Crippen molar-refractivity contribution in [1.82, 2.24) is 9.38 Å². The van der Waals surface area contributed by atoms with Crippen molar-refractivity contribution >= 4 is 16.3 Å². The zero-order chi connectivity index (χ0) is 9.42. The molecule has 0 amide bonds. The van der Waals surface area contributed by atoms with Crippen LogP contribution in [0, 0.1) is 6.92 Å². The van der Waals surface area contributed by atoms with Gasteiger partial charge in [0.15, 0.2) is 4.96 Å². The SMILES string of the molecule is Cc1nc2sccn2c1C[C@@H](C)O. The summed E-state index contributed by atoms with van der Waals surface area (Å²) in [6, 6.07) is 0. The summed E-state index contributed by atoms with van der Waals surface area (Å²) in [5.41, 5.74) is 2.14. The fourth-order valence-electron chi connectivity index (χ4n) is 1.47. The van der Waals surface area contributed by atoms with Crippen molar-refractivity contribution in [2.24, 2.45) is 0 Å². The fraction of sp³-hybridized carbons (Fsp3) is 0.444. The normalized spacial score (nSPS) is 13.8. The lowest BCUT2D eigenvalue weighted by Crippen LogP contribution is -2.07. The molecule has 2 heterocycles. The molecule has 0 aliphatic rings. The molecular formula is C9H12N2OS. The minimum absolute atomic E-state index is 0.307. The van der Waals surface area contributed by atoms with E-state index in [0.29, 0.717) is 6.42 Å². The van der Waals surface area contributed by atoms with Gasteiger partial charge in [-0.05, 0) is 13.8 Å². The maximum absolute atomic E-state index is 9.31. The van der Waals surface area contributed by atoms with Gasteiger partial charge in [0.25, 0.3) is 0 Å². The molecule has 0 unspecified atom stereocenters. The van der Waals surface area contributed by atoms with E-state index in [1.807, 2.05) is 22.9 Å². The Kier molecular flexibility index (Phi) is 2.09. The standard InChI is InChI=1S/C9H12N2OS/c1-6(12)5-8-7(2)10-9-11(8)3-4-13-9/h3-4,6,12H,5H2,1-2H3/t6-/m1/s1. The second-order valence-electron chi connectivity index (χ2n) is 3.25. The molecule has 0 spiro atoms. The lowest BCUT2D eigenvalue weighted by atomic mass is 10.2. The van der Waals surface area contributed by atoms with Crippen LogP contribution in [-0.4, -0.2) is 20.6 Å². The highest BCUT2D eigenvalue weighted by Gasteiger charge is 2.10. The zero-order valence-corrected chi connectivity index (χ0v) is 8.51. The second-order valence-corrected chi connectivity index (χ2v) is 4.13. The maximum atomic E-state index is 9.31. The van der Waals surface area contributed by atoms with E-state index >= 15 is 0 Å². The summed E-state index contributed by atoms with van der Waals surface area (Å²) in [7, 11) is 0. The van der Waals surface area contributed by atoms with Crippen LogP contribution < -0.4 is 0 Å². The Morgan fingerprint density at radius 3 is 3.15 bits per heavy atom. The highest BCUT2D eigenvalue weighted by atomic mass is 32.1. The van der Waals surface area contributed by atoms with Crippen LogP contribution in [0.5, 0.6) is 0 Å². The Labute approximate surface area is 80.7 Å². The van der Waals surface area contributed by atoms with E-state index < -0.39 is 0 Å². The minimum atomic E-state index is -0.307. The van der Waals surface area contributed by atoms with Gasteiger partial charge in [-0.2, -0.15) is 0 Å². The highest BCUT2D eigenvalue weighted by Crippen LogP contribution is 2.17. The maximum Gasteiger partial charge on any atom is 0.194 e. The molecule has 1 N–H and O–H groups in total. The van der Waals surface area contributed by atoms with E-state index in [1.165, 1.54) is 0 Å². The number of hydrogen-bond donors (Lipinski definition) is 1. The second kappa shape index (κ2) is 3.12. The van der Waals surface area contributed by atoms with Crippen LogP contribution in [0.2, 0.25) is 0 Å². The van der Waals surface area contributed by atoms with Gasteiger partial charge in [-0.15, -0.1) is 11.3 Å². The summed E-state index contributed by atoms with van der Waals surface area (Å²) in [6.07, 6.45) is 2.36. The predicted octanol–water partition coefficient (Wildman–Crippen LogP) is 1.63. The first-order valence-corrected chi connectivity index (χ1v) is 5.15. The number of fused-ring (bicyclic) bond motifs is 1. The van der Waals surface area contributed by atoms with Crippen molar-refractivity contribution in [3.8, 4) is 0 Å². The molecule has 0 saturated heterocycles. The molecule has 0 bridgehead atoms. The third-order valence-corrected chi connectivity index (χ3v) is 2.81. The molecule has 4 heteroatoms. The van der Waals surface area contributed by atoms with Crippen molar-refractivity contribution in [1.29, 1.82) is 0 Å². The molecule has 70 valence electrons. The van der Waals surface area contributed by atoms with Crippen molar-refractivity contribution in [2.45, 2.75) is 26.4 Å². The fourth-order valence-corrected chi connectivity index (χ4v) is 2.25. The monoisotopic (exact) mass is 196 g/mol. The zero-order valence-electron chi connectivity index (χ0n) is 7.69. The summed E-state index contributed by atoms with van der Waals surface area (Å²) in [4.78, 5) is 5.40. The quantitative estimate of drug-likeness (QED) is 0.792. The molecule has 1 atom stereocenters. The third-order valence-electron chi connectivity index (χ3n) is 2.05. The number of aromatic nitrogens is 2. The van der Waals surface area contributed by atoms with E-state index in [1.54, 1.807) is 18.3 Å². The number of rotatable bonds is 2. The predicted molar refractivity (Wildman–Crippen MR) is 53.2 cm³/mol. The van der Waals surface area contributed by atoms with Gasteiger partial charge in [0.1, 0.15) is 0 Å². The van der Waals surface area contributed by atoms with E-state index in [9.17, 15) is 5.11 Å². The molecule has 2 aromatic heterocycles. The average molecular weight is 196 g/mol. The Bertz CT molecular complexity index is 416. The van der Waals surface area contributed by atoms with Crippen molar-refractivity contribution in [3.05, 3.63) is 23.0 Å². The van der Waals surface area contributed by atoms with Crippen LogP contribution in [0.4, 0.5) is 0 Å². The van der Waals surface area contributed by atoms with E-state index in [0.717, 1.165) is 16.3 Å². The van der Waals surface area contributed by atoms with Crippen molar-refractivity contribution in [2.75, 3.05) is 0 Å². The lowest BCUT2D eigenvalue weighted by molar-refractivity contribution is 0.194. The van der Waals surface area contributed by atoms with Gasteiger partial charge in [-0.3, -0.25) is 4.40 Å². The molecule has 13 heavy (non-hydrogen) atoms. The number of aliphatic hydroxyl groups is 1. The number of aryl methyl sites for hydroxylation is 1. The Hall–Kier alpha value is -0.870. The lowest BCUT2D eigenvalue weighted by Gasteiger charge is -2.03. The number of thiazole rings is 1. The van der Waals surface area contributed by atoms with Crippen molar-refractivity contribution in [3.63, 3.8) is 0 Å². The number of hydrogen-bond acceptors (Lipinski definition) is 3. The molecule has 2 aromatic rings. The smallest absolute Gasteiger partial charge is 0.194 e. The molecule has 0 aliphatic heterocycles. The number of aliphatic hydroxyl groups excluding tert-OH is 1. The molecule has 2 rings (SSSR count). The van der Waals surface area contributed by atoms with E-state index in [4.69, 9.17) is 0 Å². The van der Waals surface area contributed by atoms with Gasteiger partial charge in [-0.25, -0.2) is 4.98 Å². The summed E-state index contributed by atoms with van der Waals surface area (Å²) in [5.74, 6) is 0. The van der Waals surface area contributed by atoms with Crippen LogP contribution >= 0.6 is 11.3 Å². The first kappa shape index (κ1) is 8.72. The molecule has 0 aromatic carbocycles. The largest absolute Gasteiger partial charge is 0.393 e. The molecule has 3 nitrogen and oxygen atoms in total. The van der Waals surface area contributed by atoms with Gasteiger partial charge >= 0.3 is 0 Å². The summed E-state index contributed by atoms with van der Waals surface area (Å²) >= 11 is 1.62. The Morgan fingerprint density at radius 2 is 2.46 bits per heavy atom. The highest BCUT2D eigenvalue weighted by molar-refractivity contribution is 7.15.